The summed E-state index contributed by atoms with van der Waals surface area (Å²) in [5.74, 6) is 0.404. The van der Waals surface area contributed by atoms with Crippen molar-refractivity contribution in [1.82, 2.24) is 9.97 Å². The lowest BCUT2D eigenvalue weighted by Gasteiger charge is -2.07. The Balaban J connectivity index is 2.81. The van der Waals surface area contributed by atoms with Crippen LogP contribution in [0.2, 0.25) is 5.15 Å². The van der Waals surface area contributed by atoms with Gasteiger partial charge in [0.05, 0.1) is 12.5 Å². The van der Waals surface area contributed by atoms with Crippen LogP contribution in [0.15, 0.2) is 0 Å². The Morgan fingerprint density at radius 3 is 2.79 bits per heavy atom. The van der Waals surface area contributed by atoms with Gasteiger partial charge in [0.1, 0.15) is 5.69 Å². The SMILES string of the molecule is N#CCCNc1nc(N)nc(Cl)c1N. The summed E-state index contributed by atoms with van der Waals surface area (Å²) >= 11 is 5.67. The third kappa shape index (κ3) is 2.37. The number of rotatable bonds is 3. The van der Waals surface area contributed by atoms with Gasteiger partial charge >= 0.3 is 0 Å². The fraction of sp³-hybridized carbons (Fsp3) is 0.286. The molecule has 0 saturated heterocycles. The average molecular weight is 213 g/mol. The van der Waals surface area contributed by atoms with Gasteiger partial charge in [0.2, 0.25) is 5.95 Å². The zero-order chi connectivity index (χ0) is 10.6. The first-order chi connectivity index (χ1) is 6.65. The van der Waals surface area contributed by atoms with E-state index in [2.05, 4.69) is 15.3 Å². The van der Waals surface area contributed by atoms with Crippen molar-refractivity contribution in [2.45, 2.75) is 6.42 Å². The molecule has 0 saturated carbocycles. The highest BCUT2D eigenvalue weighted by molar-refractivity contribution is 6.32. The maximum absolute atomic E-state index is 8.32. The summed E-state index contributed by atoms with van der Waals surface area (Å²) in [6.07, 6.45) is 0.348. The van der Waals surface area contributed by atoms with Gasteiger partial charge in [0.15, 0.2) is 11.0 Å². The van der Waals surface area contributed by atoms with Gasteiger partial charge in [0, 0.05) is 6.54 Å². The standard InChI is InChI=1S/C7H9ClN6/c8-5-4(10)6(12-3-1-2-9)14-7(11)13-5/h1,3,10H2,(H3,11,12,13,14). The van der Waals surface area contributed by atoms with Crippen LogP contribution in [0.1, 0.15) is 6.42 Å². The summed E-state index contributed by atoms with van der Waals surface area (Å²) < 4.78 is 0. The molecule has 0 amide bonds. The number of nitrogens with one attached hydrogen (secondary N) is 1. The maximum Gasteiger partial charge on any atom is 0.223 e. The first kappa shape index (κ1) is 10.3. The highest BCUT2D eigenvalue weighted by Gasteiger charge is 2.07. The topological polar surface area (TPSA) is 114 Å². The van der Waals surface area contributed by atoms with E-state index >= 15 is 0 Å². The zero-order valence-corrected chi connectivity index (χ0v) is 8.04. The molecule has 1 aromatic rings. The molecule has 0 aromatic carbocycles. The highest BCUT2D eigenvalue weighted by Crippen LogP contribution is 2.23. The van der Waals surface area contributed by atoms with E-state index in [-0.39, 0.29) is 16.8 Å². The first-order valence-corrected chi connectivity index (χ1v) is 4.22. The number of nitriles is 1. The fourth-order valence-electron chi connectivity index (χ4n) is 0.830. The lowest BCUT2D eigenvalue weighted by atomic mass is 10.4. The fourth-order valence-corrected chi connectivity index (χ4v) is 1.01. The van der Waals surface area contributed by atoms with Crippen LogP contribution in [-0.4, -0.2) is 16.5 Å². The third-order valence-corrected chi connectivity index (χ3v) is 1.73. The van der Waals surface area contributed by atoms with Crippen molar-refractivity contribution >= 4 is 29.1 Å². The Kier molecular flexibility index (Phi) is 3.31. The zero-order valence-electron chi connectivity index (χ0n) is 7.29. The Labute approximate surface area is 85.9 Å². The second-order valence-corrected chi connectivity index (χ2v) is 2.83. The number of nitrogen functional groups attached to an aromatic ring is 2. The first-order valence-electron chi connectivity index (χ1n) is 3.84. The van der Waals surface area contributed by atoms with E-state index in [0.717, 1.165) is 0 Å². The average Bonchev–Trinajstić information content (AvgIpc) is 2.13. The van der Waals surface area contributed by atoms with E-state index in [1.165, 1.54) is 0 Å². The minimum Gasteiger partial charge on any atom is -0.393 e. The molecule has 7 heteroatoms. The lowest BCUT2D eigenvalue weighted by Crippen LogP contribution is -2.09. The molecule has 0 aliphatic rings. The molecule has 0 unspecified atom stereocenters. The molecule has 0 aliphatic carbocycles. The number of nitrogens with two attached hydrogens (primary N) is 2. The Morgan fingerprint density at radius 2 is 2.14 bits per heavy atom. The van der Waals surface area contributed by atoms with Crippen LogP contribution in [-0.2, 0) is 0 Å². The van der Waals surface area contributed by atoms with E-state index in [1.807, 2.05) is 6.07 Å². The van der Waals surface area contributed by atoms with Crippen LogP contribution in [0.5, 0.6) is 0 Å². The van der Waals surface area contributed by atoms with E-state index in [1.54, 1.807) is 0 Å². The largest absolute Gasteiger partial charge is 0.393 e. The molecule has 1 rings (SSSR count). The van der Waals surface area contributed by atoms with E-state index in [9.17, 15) is 0 Å². The molecule has 0 fully saturated rings. The maximum atomic E-state index is 8.32. The molecule has 0 spiro atoms. The van der Waals surface area contributed by atoms with E-state index in [4.69, 9.17) is 28.3 Å². The van der Waals surface area contributed by atoms with Gasteiger partial charge < -0.3 is 16.8 Å². The molecule has 74 valence electrons. The second-order valence-electron chi connectivity index (χ2n) is 2.47. The molecular weight excluding hydrogens is 204 g/mol. The van der Waals surface area contributed by atoms with Gasteiger partial charge in [-0.3, -0.25) is 0 Å². The molecule has 1 aromatic heterocycles. The van der Waals surface area contributed by atoms with Crippen LogP contribution in [0.25, 0.3) is 0 Å². The normalized spacial score (nSPS) is 9.43. The van der Waals surface area contributed by atoms with Gasteiger partial charge in [-0.2, -0.15) is 15.2 Å². The van der Waals surface area contributed by atoms with Crippen LogP contribution in [0.4, 0.5) is 17.5 Å². The molecule has 0 bridgehead atoms. The van der Waals surface area contributed by atoms with Crippen molar-refractivity contribution in [2.75, 3.05) is 23.3 Å². The van der Waals surface area contributed by atoms with Crippen LogP contribution in [0.3, 0.4) is 0 Å². The van der Waals surface area contributed by atoms with Gasteiger partial charge in [-0.05, 0) is 0 Å². The predicted octanol–water partition coefficient (Wildman–Crippen LogP) is 0.620. The van der Waals surface area contributed by atoms with Crippen LogP contribution < -0.4 is 16.8 Å². The molecule has 1 heterocycles. The van der Waals surface area contributed by atoms with Crippen molar-refractivity contribution < 1.29 is 0 Å². The van der Waals surface area contributed by atoms with Crippen molar-refractivity contribution in [3.63, 3.8) is 0 Å². The highest BCUT2D eigenvalue weighted by atomic mass is 35.5. The summed E-state index contributed by atoms with van der Waals surface area (Å²) in [5.41, 5.74) is 11.2. The Morgan fingerprint density at radius 1 is 1.43 bits per heavy atom. The minimum absolute atomic E-state index is 0.0451. The summed E-state index contributed by atoms with van der Waals surface area (Å²) in [7, 11) is 0. The van der Waals surface area contributed by atoms with Crippen molar-refractivity contribution in [3.8, 4) is 6.07 Å². The molecule has 6 nitrogen and oxygen atoms in total. The Hall–Kier alpha value is -1.74. The van der Waals surface area contributed by atoms with E-state index in [0.29, 0.717) is 18.8 Å². The number of aromatic nitrogens is 2. The smallest absolute Gasteiger partial charge is 0.223 e. The third-order valence-electron chi connectivity index (χ3n) is 1.45. The number of nitrogens with zero attached hydrogens (tertiary/aromatic N) is 3. The van der Waals surface area contributed by atoms with Crippen molar-refractivity contribution in [3.05, 3.63) is 5.15 Å². The molecular formula is C7H9ClN6. The summed E-state index contributed by atoms with van der Waals surface area (Å²) in [6.45, 7) is 0.438. The minimum atomic E-state index is 0.0451. The van der Waals surface area contributed by atoms with Gasteiger partial charge in [-0.25, -0.2) is 0 Å². The molecule has 14 heavy (non-hydrogen) atoms. The molecule has 0 radical (unpaired) electrons. The van der Waals surface area contributed by atoms with Gasteiger partial charge in [0.25, 0.3) is 0 Å². The monoisotopic (exact) mass is 212 g/mol. The Bertz CT molecular complexity index is 371. The summed E-state index contributed by atoms with van der Waals surface area (Å²) in [6, 6.07) is 1.98. The number of anilines is 3. The summed E-state index contributed by atoms with van der Waals surface area (Å²) in [4.78, 5) is 7.51. The number of hydrogen-bond acceptors (Lipinski definition) is 6. The molecule has 0 atom stereocenters. The predicted molar refractivity (Wildman–Crippen MR) is 54.6 cm³/mol. The number of hydrogen-bond donors (Lipinski definition) is 3. The van der Waals surface area contributed by atoms with Crippen LogP contribution in [0, 0.1) is 11.3 Å². The van der Waals surface area contributed by atoms with Gasteiger partial charge in [-0.1, -0.05) is 11.6 Å². The molecule has 0 aliphatic heterocycles. The van der Waals surface area contributed by atoms with Crippen LogP contribution >= 0.6 is 11.6 Å². The second kappa shape index (κ2) is 4.48. The number of halogens is 1. The van der Waals surface area contributed by atoms with Gasteiger partial charge in [-0.15, -0.1) is 0 Å². The quantitative estimate of drug-likeness (QED) is 0.500. The molecule has 5 N–H and O–H groups in total. The van der Waals surface area contributed by atoms with E-state index < -0.39 is 0 Å². The van der Waals surface area contributed by atoms with Crippen molar-refractivity contribution in [2.24, 2.45) is 0 Å². The summed E-state index contributed by atoms with van der Waals surface area (Å²) in [5, 5.41) is 11.3. The van der Waals surface area contributed by atoms with Crippen molar-refractivity contribution in [1.29, 1.82) is 5.26 Å². The lowest BCUT2D eigenvalue weighted by molar-refractivity contribution is 1.05.